The molecule has 1 rings (SSSR count). The van der Waals surface area contributed by atoms with E-state index in [1.807, 2.05) is 20.8 Å². The fraction of sp³-hybridized carbons (Fsp3) is 0.667. The normalized spacial score (nSPS) is 12.5. The van der Waals surface area contributed by atoms with E-state index in [0.717, 1.165) is 23.4 Å². The van der Waals surface area contributed by atoms with Crippen LogP contribution in [-0.4, -0.2) is 33.9 Å². The van der Waals surface area contributed by atoms with Crippen molar-refractivity contribution in [1.29, 1.82) is 0 Å². The van der Waals surface area contributed by atoms with E-state index in [1.54, 1.807) is 0 Å². The summed E-state index contributed by atoms with van der Waals surface area (Å²) in [5, 5.41) is 19.1. The number of aryl methyl sites for hydroxylation is 2. The van der Waals surface area contributed by atoms with E-state index in [2.05, 4.69) is 15.5 Å². The van der Waals surface area contributed by atoms with Crippen LogP contribution in [0, 0.1) is 13.8 Å². The molecule has 5 nitrogen and oxygen atoms in total. The molecule has 0 aliphatic rings. The SMILES string of the molecule is CCC(O)CCNC(=O)Cc1c(C)n[nH]c1C. The number of carbonyl (C=O) groups is 1. The Labute approximate surface area is 102 Å². The van der Waals surface area contributed by atoms with Crippen LogP contribution in [-0.2, 0) is 11.2 Å². The first-order valence-corrected chi connectivity index (χ1v) is 5.99. The number of H-pyrrole nitrogens is 1. The zero-order valence-electron chi connectivity index (χ0n) is 10.7. The molecule has 0 radical (unpaired) electrons. The topological polar surface area (TPSA) is 78.0 Å². The second-order valence-corrected chi connectivity index (χ2v) is 4.29. The first kappa shape index (κ1) is 13.7. The maximum Gasteiger partial charge on any atom is 0.224 e. The van der Waals surface area contributed by atoms with Crippen LogP contribution >= 0.6 is 0 Å². The third-order valence-electron chi connectivity index (χ3n) is 2.89. The molecule has 0 saturated heterocycles. The van der Waals surface area contributed by atoms with Crippen molar-refractivity contribution < 1.29 is 9.90 Å². The highest BCUT2D eigenvalue weighted by Crippen LogP contribution is 2.09. The molecule has 0 aromatic carbocycles. The number of amides is 1. The number of hydrogen-bond donors (Lipinski definition) is 3. The first-order valence-electron chi connectivity index (χ1n) is 5.99. The minimum Gasteiger partial charge on any atom is -0.393 e. The average Bonchev–Trinajstić information content (AvgIpc) is 2.60. The number of aliphatic hydroxyl groups excluding tert-OH is 1. The number of rotatable bonds is 6. The summed E-state index contributed by atoms with van der Waals surface area (Å²) in [4.78, 5) is 11.7. The van der Waals surface area contributed by atoms with Crippen LogP contribution in [0.5, 0.6) is 0 Å². The molecule has 0 bridgehead atoms. The van der Waals surface area contributed by atoms with Crippen molar-refractivity contribution in [3.63, 3.8) is 0 Å². The van der Waals surface area contributed by atoms with E-state index in [1.165, 1.54) is 0 Å². The lowest BCUT2D eigenvalue weighted by molar-refractivity contribution is -0.120. The predicted molar refractivity (Wildman–Crippen MR) is 65.7 cm³/mol. The highest BCUT2D eigenvalue weighted by Gasteiger charge is 2.11. The van der Waals surface area contributed by atoms with Gasteiger partial charge in [-0.2, -0.15) is 5.10 Å². The monoisotopic (exact) mass is 239 g/mol. The van der Waals surface area contributed by atoms with Crippen molar-refractivity contribution in [2.45, 2.75) is 46.1 Å². The van der Waals surface area contributed by atoms with Crippen LogP contribution in [0.25, 0.3) is 0 Å². The molecule has 5 heteroatoms. The summed E-state index contributed by atoms with van der Waals surface area (Å²) in [6.45, 7) is 6.23. The molecular weight excluding hydrogens is 218 g/mol. The Morgan fingerprint density at radius 2 is 2.24 bits per heavy atom. The highest BCUT2D eigenvalue weighted by atomic mass is 16.3. The number of aliphatic hydroxyl groups is 1. The van der Waals surface area contributed by atoms with Gasteiger partial charge in [0.2, 0.25) is 5.91 Å². The first-order chi connectivity index (χ1) is 8.04. The summed E-state index contributed by atoms with van der Waals surface area (Å²) >= 11 is 0. The van der Waals surface area contributed by atoms with Crippen molar-refractivity contribution in [1.82, 2.24) is 15.5 Å². The van der Waals surface area contributed by atoms with Gasteiger partial charge in [0.1, 0.15) is 0 Å². The molecule has 0 fully saturated rings. The van der Waals surface area contributed by atoms with Gasteiger partial charge in [0.05, 0.1) is 18.2 Å². The standard InChI is InChI=1S/C12H21N3O2/c1-4-10(16)5-6-13-12(17)7-11-8(2)14-15-9(11)3/h10,16H,4-7H2,1-3H3,(H,13,17)(H,14,15). The predicted octanol–water partition coefficient (Wildman–Crippen LogP) is 0.846. The second kappa shape index (κ2) is 6.39. The van der Waals surface area contributed by atoms with Gasteiger partial charge >= 0.3 is 0 Å². The molecule has 1 amide bonds. The van der Waals surface area contributed by atoms with Gasteiger partial charge in [-0.1, -0.05) is 6.92 Å². The summed E-state index contributed by atoms with van der Waals surface area (Å²) in [5.74, 6) is -0.0269. The van der Waals surface area contributed by atoms with E-state index in [4.69, 9.17) is 0 Å². The van der Waals surface area contributed by atoms with Crippen molar-refractivity contribution in [2.24, 2.45) is 0 Å². The number of nitrogens with zero attached hydrogens (tertiary/aromatic N) is 1. The van der Waals surface area contributed by atoms with Crippen molar-refractivity contribution in [3.8, 4) is 0 Å². The maximum atomic E-state index is 11.7. The molecule has 0 spiro atoms. The summed E-state index contributed by atoms with van der Waals surface area (Å²) in [5.41, 5.74) is 2.76. The molecule has 3 N–H and O–H groups in total. The Balaban J connectivity index is 2.35. The quantitative estimate of drug-likeness (QED) is 0.688. The summed E-state index contributed by atoms with van der Waals surface area (Å²) in [6, 6.07) is 0. The van der Waals surface area contributed by atoms with Crippen molar-refractivity contribution >= 4 is 5.91 Å². The van der Waals surface area contributed by atoms with E-state index >= 15 is 0 Å². The van der Waals surface area contributed by atoms with Gasteiger partial charge in [-0.25, -0.2) is 0 Å². The molecule has 17 heavy (non-hydrogen) atoms. The van der Waals surface area contributed by atoms with E-state index in [0.29, 0.717) is 19.4 Å². The molecule has 1 heterocycles. The van der Waals surface area contributed by atoms with Gasteiger partial charge in [-0.05, 0) is 26.7 Å². The Morgan fingerprint density at radius 3 is 2.76 bits per heavy atom. The number of aromatic amines is 1. The lowest BCUT2D eigenvalue weighted by Crippen LogP contribution is -2.28. The molecule has 96 valence electrons. The Kier molecular flexibility index (Phi) is 5.15. The highest BCUT2D eigenvalue weighted by molar-refractivity contribution is 5.79. The van der Waals surface area contributed by atoms with Crippen LogP contribution in [0.2, 0.25) is 0 Å². The van der Waals surface area contributed by atoms with Gasteiger partial charge in [0.25, 0.3) is 0 Å². The lowest BCUT2D eigenvalue weighted by atomic mass is 10.1. The van der Waals surface area contributed by atoms with E-state index in [-0.39, 0.29) is 12.0 Å². The molecule has 0 aliphatic carbocycles. The lowest BCUT2D eigenvalue weighted by Gasteiger charge is -2.08. The molecule has 1 unspecified atom stereocenters. The minimum absolute atomic E-state index is 0.0269. The van der Waals surface area contributed by atoms with E-state index in [9.17, 15) is 9.90 Å². The van der Waals surface area contributed by atoms with Gasteiger partial charge in [-0.3, -0.25) is 9.89 Å². The summed E-state index contributed by atoms with van der Waals surface area (Å²) < 4.78 is 0. The fourth-order valence-corrected chi connectivity index (χ4v) is 1.64. The summed E-state index contributed by atoms with van der Waals surface area (Å²) in [6.07, 6.45) is 1.34. The van der Waals surface area contributed by atoms with Crippen LogP contribution in [0.3, 0.4) is 0 Å². The van der Waals surface area contributed by atoms with Crippen LogP contribution in [0.15, 0.2) is 0 Å². The van der Waals surface area contributed by atoms with E-state index < -0.39 is 0 Å². The number of hydrogen-bond acceptors (Lipinski definition) is 3. The number of nitrogens with one attached hydrogen (secondary N) is 2. The molecule has 0 aliphatic heterocycles. The van der Waals surface area contributed by atoms with Gasteiger partial charge in [-0.15, -0.1) is 0 Å². The third-order valence-corrected chi connectivity index (χ3v) is 2.89. The molecular formula is C12H21N3O2. The fourth-order valence-electron chi connectivity index (χ4n) is 1.64. The number of aromatic nitrogens is 2. The van der Waals surface area contributed by atoms with Gasteiger partial charge in [0, 0.05) is 17.8 Å². The largest absolute Gasteiger partial charge is 0.393 e. The zero-order valence-corrected chi connectivity index (χ0v) is 10.7. The van der Waals surface area contributed by atoms with Crippen LogP contribution in [0.1, 0.15) is 36.7 Å². The van der Waals surface area contributed by atoms with Gasteiger partial charge in [0.15, 0.2) is 0 Å². The Morgan fingerprint density at radius 1 is 1.53 bits per heavy atom. The molecule has 0 saturated carbocycles. The van der Waals surface area contributed by atoms with Crippen molar-refractivity contribution in [3.05, 3.63) is 17.0 Å². The zero-order chi connectivity index (χ0) is 12.8. The average molecular weight is 239 g/mol. The molecule has 1 atom stereocenters. The van der Waals surface area contributed by atoms with Crippen molar-refractivity contribution in [2.75, 3.05) is 6.54 Å². The minimum atomic E-state index is -0.326. The summed E-state index contributed by atoms with van der Waals surface area (Å²) in [7, 11) is 0. The van der Waals surface area contributed by atoms with Gasteiger partial charge < -0.3 is 10.4 Å². The van der Waals surface area contributed by atoms with Crippen LogP contribution in [0.4, 0.5) is 0 Å². The second-order valence-electron chi connectivity index (χ2n) is 4.29. The smallest absolute Gasteiger partial charge is 0.224 e. The Hall–Kier alpha value is -1.36. The molecule has 1 aromatic heterocycles. The van der Waals surface area contributed by atoms with Crippen LogP contribution < -0.4 is 5.32 Å². The third kappa shape index (κ3) is 4.19. The maximum absolute atomic E-state index is 11.7. The Bertz CT molecular complexity index is 354. The molecule has 1 aromatic rings. The number of carbonyl (C=O) groups excluding carboxylic acids is 1.